The van der Waals surface area contributed by atoms with Crippen LogP contribution in [0.2, 0.25) is 0 Å². The van der Waals surface area contributed by atoms with Crippen molar-refractivity contribution in [3.8, 4) is 0 Å². The molecule has 2 aromatic carbocycles. The van der Waals surface area contributed by atoms with Crippen molar-refractivity contribution in [2.45, 2.75) is 19.6 Å². The van der Waals surface area contributed by atoms with Crippen molar-refractivity contribution in [3.63, 3.8) is 0 Å². The van der Waals surface area contributed by atoms with E-state index >= 15 is 0 Å². The van der Waals surface area contributed by atoms with Crippen LogP contribution in [0.4, 0.5) is 0 Å². The minimum Gasteiger partial charge on any atom is -0.449 e. The molecule has 6 rings (SSSR count). The maximum atomic E-state index is 6.41. The molecule has 0 amide bonds. The van der Waals surface area contributed by atoms with Gasteiger partial charge in [-0.2, -0.15) is 0 Å². The fourth-order valence-corrected chi connectivity index (χ4v) is 7.90. The minimum absolute atomic E-state index is 0.823. The SMILES string of the molecule is c1ccc2c(c1)SC(=c1oc(=C3Sc4ccccc4S3)c3nccnc13)S2. The standard InChI is InChI=1S/C20H10N2OS4/c1-2-6-12-11(5-1)24-19(25-12)17-15-16(22-10-9-21-15)18(23-17)20-26-13-7-3-4-8-14(13)27-20/h1-10H. The summed E-state index contributed by atoms with van der Waals surface area (Å²) >= 11 is 6.97. The van der Waals surface area contributed by atoms with Crippen LogP contribution in [-0.4, -0.2) is 9.97 Å². The molecule has 2 aromatic heterocycles. The number of benzene rings is 2. The second-order valence-electron chi connectivity index (χ2n) is 5.89. The molecule has 0 aliphatic carbocycles. The van der Waals surface area contributed by atoms with E-state index in [2.05, 4.69) is 58.5 Å². The molecule has 0 spiro atoms. The molecule has 2 aliphatic rings. The first-order valence-corrected chi connectivity index (χ1v) is 11.5. The third kappa shape index (κ3) is 2.64. The summed E-state index contributed by atoms with van der Waals surface area (Å²) in [5, 5.41) is 0. The van der Waals surface area contributed by atoms with Crippen LogP contribution < -0.4 is 10.8 Å². The average Bonchev–Trinajstić information content (AvgIpc) is 3.41. The third-order valence-electron chi connectivity index (χ3n) is 4.21. The van der Waals surface area contributed by atoms with Gasteiger partial charge in [0.05, 0.1) is 8.47 Å². The zero-order valence-corrected chi connectivity index (χ0v) is 17.0. The molecular weight excluding hydrogens is 413 g/mol. The zero-order valence-electron chi connectivity index (χ0n) is 13.7. The van der Waals surface area contributed by atoms with Gasteiger partial charge in [-0.05, 0) is 24.3 Å². The number of nitrogens with zero attached hydrogens (tertiary/aromatic N) is 2. The molecule has 2 aliphatic heterocycles. The normalized spacial score (nSPS) is 15.4. The summed E-state index contributed by atoms with van der Waals surface area (Å²) in [4.78, 5) is 14.2. The lowest BCUT2D eigenvalue weighted by Gasteiger charge is -1.90. The second kappa shape index (κ2) is 6.38. The van der Waals surface area contributed by atoms with E-state index in [9.17, 15) is 0 Å². The summed E-state index contributed by atoms with van der Waals surface area (Å²) in [6.07, 6.45) is 3.47. The molecule has 0 radical (unpaired) electrons. The van der Waals surface area contributed by atoms with Crippen LogP contribution in [0.5, 0.6) is 0 Å². The van der Waals surface area contributed by atoms with Crippen molar-refractivity contribution in [2.24, 2.45) is 0 Å². The number of furan rings is 1. The molecule has 0 saturated carbocycles. The van der Waals surface area contributed by atoms with Gasteiger partial charge < -0.3 is 4.42 Å². The maximum Gasteiger partial charge on any atom is 0.176 e. The van der Waals surface area contributed by atoms with Crippen molar-refractivity contribution in [2.75, 3.05) is 0 Å². The van der Waals surface area contributed by atoms with E-state index in [1.807, 2.05) is 0 Å². The number of hydrogen-bond donors (Lipinski definition) is 0. The first-order valence-electron chi connectivity index (χ1n) is 8.24. The Kier molecular flexibility index (Phi) is 3.82. The van der Waals surface area contributed by atoms with E-state index in [1.165, 1.54) is 19.6 Å². The van der Waals surface area contributed by atoms with E-state index < -0.39 is 0 Å². The predicted molar refractivity (Wildman–Crippen MR) is 114 cm³/mol. The largest absolute Gasteiger partial charge is 0.449 e. The summed E-state index contributed by atoms with van der Waals surface area (Å²) in [5.74, 6) is 0. The highest BCUT2D eigenvalue weighted by atomic mass is 32.2. The minimum atomic E-state index is 0.823. The van der Waals surface area contributed by atoms with Crippen molar-refractivity contribution < 1.29 is 4.42 Å². The predicted octanol–water partition coefficient (Wildman–Crippen LogP) is 5.15. The van der Waals surface area contributed by atoms with Gasteiger partial charge in [0.15, 0.2) is 10.8 Å². The number of rotatable bonds is 0. The Balaban J connectivity index is 1.61. The van der Waals surface area contributed by atoms with Gasteiger partial charge in [-0.15, -0.1) is 0 Å². The summed E-state index contributed by atoms with van der Waals surface area (Å²) < 4.78 is 8.66. The molecule has 0 bridgehead atoms. The van der Waals surface area contributed by atoms with Gasteiger partial charge in [0.25, 0.3) is 0 Å². The molecule has 3 nitrogen and oxygen atoms in total. The third-order valence-corrected chi connectivity index (χ3v) is 9.26. The van der Waals surface area contributed by atoms with Gasteiger partial charge in [0, 0.05) is 32.0 Å². The van der Waals surface area contributed by atoms with Crippen LogP contribution in [0, 0.1) is 0 Å². The van der Waals surface area contributed by atoms with E-state index in [4.69, 9.17) is 4.42 Å². The molecule has 0 N–H and O–H groups in total. The Hall–Kier alpha value is -1.80. The molecule has 4 heterocycles. The van der Waals surface area contributed by atoms with Gasteiger partial charge in [-0.25, -0.2) is 9.97 Å². The molecule has 7 heteroatoms. The number of thioether (sulfide) groups is 4. The smallest absolute Gasteiger partial charge is 0.176 e. The van der Waals surface area contributed by atoms with Gasteiger partial charge in [0.1, 0.15) is 11.0 Å². The van der Waals surface area contributed by atoms with Gasteiger partial charge in [-0.3, -0.25) is 0 Å². The quantitative estimate of drug-likeness (QED) is 0.388. The van der Waals surface area contributed by atoms with E-state index in [1.54, 1.807) is 59.4 Å². The monoisotopic (exact) mass is 422 g/mol. The van der Waals surface area contributed by atoms with E-state index in [0.717, 1.165) is 30.3 Å². The first-order chi connectivity index (χ1) is 13.4. The van der Waals surface area contributed by atoms with Crippen molar-refractivity contribution in [1.29, 1.82) is 0 Å². The van der Waals surface area contributed by atoms with Crippen LogP contribution in [0.25, 0.3) is 19.5 Å². The number of aromatic nitrogens is 2. The van der Waals surface area contributed by atoms with E-state index in [-0.39, 0.29) is 0 Å². The van der Waals surface area contributed by atoms with Crippen molar-refractivity contribution >= 4 is 66.6 Å². The highest BCUT2D eigenvalue weighted by molar-refractivity contribution is 8.32. The Labute approximate surface area is 171 Å². The van der Waals surface area contributed by atoms with Crippen LogP contribution in [0.15, 0.2) is 84.9 Å². The van der Waals surface area contributed by atoms with Crippen LogP contribution in [0.1, 0.15) is 0 Å². The Morgan fingerprint density at radius 3 is 1.30 bits per heavy atom. The second-order valence-corrected chi connectivity index (χ2v) is 10.6. The van der Waals surface area contributed by atoms with Gasteiger partial charge in [0.2, 0.25) is 0 Å². The lowest BCUT2D eigenvalue weighted by molar-refractivity contribution is 0.507. The van der Waals surface area contributed by atoms with Crippen molar-refractivity contribution in [1.82, 2.24) is 9.97 Å². The van der Waals surface area contributed by atoms with Gasteiger partial charge >= 0.3 is 0 Å². The van der Waals surface area contributed by atoms with Gasteiger partial charge in [-0.1, -0.05) is 71.3 Å². The topological polar surface area (TPSA) is 38.9 Å². The highest BCUT2D eigenvalue weighted by Crippen LogP contribution is 2.52. The highest BCUT2D eigenvalue weighted by Gasteiger charge is 2.24. The van der Waals surface area contributed by atoms with Crippen LogP contribution in [-0.2, 0) is 0 Å². The molecule has 27 heavy (non-hydrogen) atoms. The summed E-state index contributed by atoms with van der Waals surface area (Å²) in [6, 6.07) is 16.9. The molecule has 0 atom stereocenters. The first kappa shape index (κ1) is 16.2. The molecule has 130 valence electrons. The number of fused-ring (bicyclic) bond motifs is 3. The Bertz CT molecular complexity index is 1190. The fraction of sp³-hybridized carbons (Fsp3) is 0. The van der Waals surface area contributed by atoms with E-state index in [0.29, 0.717) is 0 Å². The molecule has 0 unspecified atom stereocenters. The lowest BCUT2D eigenvalue weighted by Crippen LogP contribution is -2.03. The zero-order chi connectivity index (χ0) is 17.8. The summed E-state index contributed by atoms with van der Waals surface area (Å²) in [7, 11) is 0. The fourth-order valence-electron chi connectivity index (χ4n) is 3.01. The average molecular weight is 423 g/mol. The Morgan fingerprint density at radius 2 is 0.926 bits per heavy atom. The number of hydrogen-bond acceptors (Lipinski definition) is 7. The summed E-state index contributed by atoms with van der Waals surface area (Å²) in [6.45, 7) is 0. The molecule has 0 saturated heterocycles. The maximum absolute atomic E-state index is 6.41. The lowest BCUT2D eigenvalue weighted by atomic mass is 10.4. The molecular formula is C20H10N2OS4. The molecule has 4 aromatic rings. The Morgan fingerprint density at radius 1 is 0.556 bits per heavy atom. The molecule has 0 fully saturated rings. The summed E-state index contributed by atoms with van der Waals surface area (Å²) in [5.41, 5.74) is 3.31. The van der Waals surface area contributed by atoms with Crippen LogP contribution >= 0.6 is 47.0 Å². The van der Waals surface area contributed by atoms with Crippen LogP contribution in [0.3, 0.4) is 0 Å². The van der Waals surface area contributed by atoms with Crippen molar-refractivity contribution in [3.05, 3.63) is 71.8 Å².